The first kappa shape index (κ1) is 17.9. The lowest BCUT2D eigenvalue weighted by Gasteiger charge is -2.08. The molecule has 0 saturated carbocycles. The summed E-state index contributed by atoms with van der Waals surface area (Å²) in [4.78, 5) is 11.7. The first-order chi connectivity index (χ1) is 11.5. The molecular weight excluding hydrogens is 312 g/mol. The number of halogens is 2. The minimum Gasteiger partial charge on any atom is -0.491 e. The zero-order chi connectivity index (χ0) is 17.4. The Labute approximate surface area is 140 Å². The zero-order valence-corrected chi connectivity index (χ0v) is 13.6. The van der Waals surface area contributed by atoms with Crippen LogP contribution in [0, 0.1) is 18.6 Å². The number of benzene rings is 2. The molecule has 0 unspecified atom stereocenters. The van der Waals surface area contributed by atoms with E-state index in [4.69, 9.17) is 4.74 Å². The van der Waals surface area contributed by atoms with Gasteiger partial charge in [-0.1, -0.05) is 29.8 Å². The number of ether oxygens (including phenoxy) is 1. The third kappa shape index (κ3) is 5.99. The lowest BCUT2D eigenvalue weighted by Crippen LogP contribution is -2.25. The largest absolute Gasteiger partial charge is 0.491 e. The van der Waals surface area contributed by atoms with Crippen molar-refractivity contribution >= 4 is 5.91 Å². The molecule has 0 heterocycles. The van der Waals surface area contributed by atoms with E-state index in [-0.39, 0.29) is 18.3 Å². The van der Waals surface area contributed by atoms with Crippen LogP contribution in [0.25, 0.3) is 0 Å². The predicted octanol–water partition coefficient (Wildman–Crippen LogP) is 3.79. The summed E-state index contributed by atoms with van der Waals surface area (Å²) in [5, 5.41) is 2.85. The third-order valence-corrected chi connectivity index (χ3v) is 3.52. The first-order valence-electron chi connectivity index (χ1n) is 7.94. The minimum atomic E-state index is -0.738. The van der Waals surface area contributed by atoms with Gasteiger partial charge in [0.1, 0.15) is 5.82 Å². The van der Waals surface area contributed by atoms with Crippen LogP contribution < -0.4 is 10.1 Å². The number of rotatable bonds is 8. The van der Waals surface area contributed by atoms with Crippen LogP contribution in [-0.4, -0.2) is 19.1 Å². The Morgan fingerprint density at radius 2 is 2.00 bits per heavy atom. The van der Waals surface area contributed by atoms with E-state index < -0.39 is 11.6 Å². The molecule has 0 atom stereocenters. The van der Waals surface area contributed by atoms with Gasteiger partial charge in [0.05, 0.1) is 6.61 Å². The smallest absolute Gasteiger partial charge is 0.220 e. The van der Waals surface area contributed by atoms with E-state index in [0.29, 0.717) is 19.4 Å². The lowest BCUT2D eigenvalue weighted by molar-refractivity contribution is -0.121. The number of hydrogen-bond acceptors (Lipinski definition) is 2. The first-order valence-corrected chi connectivity index (χ1v) is 7.94. The molecule has 0 aromatic heterocycles. The highest BCUT2D eigenvalue weighted by molar-refractivity contribution is 5.75. The summed E-state index contributed by atoms with van der Waals surface area (Å²) in [6.45, 7) is 2.82. The number of nitrogens with one attached hydrogen (secondary N) is 1. The van der Waals surface area contributed by atoms with Crippen molar-refractivity contribution in [1.82, 2.24) is 5.32 Å². The molecule has 0 aliphatic rings. The molecule has 24 heavy (non-hydrogen) atoms. The molecule has 3 nitrogen and oxygen atoms in total. The Balaban J connectivity index is 1.61. The number of amides is 1. The van der Waals surface area contributed by atoms with Gasteiger partial charge in [0.2, 0.25) is 5.91 Å². The maximum Gasteiger partial charge on any atom is 0.220 e. The van der Waals surface area contributed by atoms with Crippen LogP contribution >= 0.6 is 0 Å². The fourth-order valence-corrected chi connectivity index (χ4v) is 2.31. The van der Waals surface area contributed by atoms with Crippen LogP contribution in [0.1, 0.15) is 24.0 Å². The topological polar surface area (TPSA) is 38.3 Å². The van der Waals surface area contributed by atoms with Gasteiger partial charge in [-0.15, -0.1) is 0 Å². The second kappa shape index (κ2) is 9.01. The van der Waals surface area contributed by atoms with Crippen molar-refractivity contribution in [2.45, 2.75) is 26.2 Å². The molecular formula is C19H21F2NO2. The molecule has 2 rings (SSSR count). The number of carbonyl (C=O) groups is 1. The summed E-state index contributed by atoms with van der Waals surface area (Å²) < 4.78 is 31.3. The number of carbonyl (C=O) groups excluding carboxylic acids is 1. The summed E-state index contributed by atoms with van der Waals surface area (Å²) in [5.41, 5.74) is 2.38. The van der Waals surface area contributed by atoms with E-state index in [9.17, 15) is 13.6 Å². The molecule has 0 radical (unpaired) electrons. The van der Waals surface area contributed by atoms with Crippen LogP contribution in [-0.2, 0) is 11.2 Å². The molecule has 1 N–H and O–H groups in total. The van der Waals surface area contributed by atoms with E-state index in [1.54, 1.807) is 0 Å². The summed E-state index contributed by atoms with van der Waals surface area (Å²) >= 11 is 0. The van der Waals surface area contributed by atoms with Crippen molar-refractivity contribution in [3.63, 3.8) is 0 Å². The zero-order valence-electron chi connectivity index (χ0n) is 13.6. The van der Waals surface area contributed by atoms with Crippen molar-refractivity contribution < 1.29 is 18.3 Å². The molecule has 0 saturated heterocycles. The van der Waals surface area contributed by atoms with Crippen LogP contribution in [0.5, 0.6) is 5.75 Å². The van der Waals surface area contributed by atoms with E-state index in [0.717, 1.165) is 18.6 Å². The van der Waals surface area contributed by atoms with Gasteiger partial charge in [-0.2, -0.15) is 0 Å². The second-order valence-corrected chi connectivity index (χ2v) is 5.62. The molecule has 0 aliphatic carbocycles. The van der Waals surface area contributed by atoms with E-state index >= 15 is 0 Å². The molecule has 0 aliphatic heterocycles. The van der Waals surface area contributed by atoms with Gasteiger partial charge in [0.25, 0.3) is 0 Å². The highest BCUT2D eigenvalue weighted by Gasteiger charge is 2.06. The molecule has 128 valence electrons. The second-order valence-electron chi connectivity index (χ2n) is 5.62. The highest BCUT2D eigenvalue weighted by atomic mass is 19.1. The third-order valence-electron chi connectivity index (χ3n) is 3.52. The molecule has 5 heteroatoms. The SMILES string of the molecule is Cc1cccc(CCNC(=O)CCCOc2ccc(F)cc2F)c1. The Kier molecular flexibility index (Phi) is 6.73. The Hall–Kier alpha value is -2.43. The summed E-state index contributed by atoms with van der Waals surface area (Å²) in [5.74, 6) is -1.45. The summed E-state index contributed by atoms with van der Waals surface area (Å²) in [7, 11) is 0. The van der Waals surface area contributed by atoms with Crippen molar-refractivity contribution in [1.29, 1.82) is 0 Å². The van der Waals surface area contributed by atoms with Crippen LogP contribution in [0.4, 0.5) is 8.78 Å². The average molecular weight is 333 g/mol. The van der Waals surface area contributed by atoms with Gasteiger partial charge in [-0.25, -0.2) is 8.78 Å². The van der Waals surface area contributed by atoms with E-state index in [1.807, 2.05) is 25.1 Å². The monoisotopic (exact) mass is 333 g/mol. The summed E-state index contributed by atoms with van der Waals surface area (Å²) in [6.07, 6.45) is 1.55. The van der Waals surface area contributed by atoms with Crippen molar-refractivity contribution in [2.75, 3.05) is 13.2 Å². The molecule has 2 aromatic rings. The average Bonchev–Trinajstić information content (AvgIpc) is 2.53. The number of hydrogen-bond donors (Lipinski definition) is 1. The van der Waals surface area contributed by atoms with Crippen molar-refractivity contribution in [3.05, 3.63) is 65.2 Å². The number of aryl methyl sites for hydroxylation is 1. The van der Waals surface area contributed by atoms with Gasteiger partial charge in [0, 0.05) is 19.0 Å². The maximum absolute atomic E-state index is 13.3. The van der Waals surface area contributed by atoms with Crippen molar-refractivity contribution in [2.24, 2.45) is 0 Å². The Morgan fingerprint density at radius 1 is 1.17 bits per heavy atom. The Morgan fingerprint density at radius 3 is 2.75 bits per heavy atom. The quantitative estimate of drug-likeness (QED) is 0.747. The van der Waals surface area contributed by atoms with Gasteiger partial charge in [0.15, 0.2) is 11.6 Å². The standard InChI is InChI=1S/C19H21F2NO2/c1-14-4-2-5-15(12-14)9-10-22-19(23)6-3-11-24-18-8-7-16(20)13-17(18)21/h2,4-5,7-8,12-13H,3,6,9-11H2,1H3,(H,22,23). The molecule has 2 aromatic carbocycles. The molecule has 1 amide bonds. The fraction of sp³-hybridized carbons (Fsp3) is 0.316. The normalized spacial score (nSPS) is 10.5. The van der Waals surface area contributed by atoms with E-state index in [1.165, 1.54) is 17.2 Å². The van der Waals surface area contributed by atoms with Crippen LogP contribution in [0.15, 0.2) is 42.5 Å². The lowest BCUT2D eigenvalue weighted by atomic mass is 10.1. The highest BCUT2D eigenvalue weighted by Crippen LogP contribution is 2.17. The van der Waals surface area contributed by atoms with Crippen molar-refractivity contribution in [3.8, 4) is 5.75 Å². The van der Waals surface area contributed by atoms with Gasteiger partial charge in [-0.05, 0) is 37.5 Å². The van der Waals surface area contributed by atoms with E-state index in [2.05, 4.69) is 11.4 Å². The minimum absolute atomic E-state index is 0.00347. The molecule has 0 bridgehead atoms. The van der Waals surface area contributed by atoms with Crippen LogP contribution in [0.2, 0.25) is 0 Å². The predicted molar refractivity (Wildman–Crippen MR) is 89.0 cm³/mol. The molecule has 0 spiro atoms. The van der Waals surface area contributed by atoms with Gasteiger partial charge in [-0.3, -0.25) is 4.79 Å². The van der Waals surface area contributed by atoms with Gasteiger partial charge >= 0.3 is 0 Å². The van der Waals surface area contributed by atoms with Gasteiger partial charge < -0.3 is 10.1 Å². The maximum atomic E-state index is 13.3. The fourth-order valence-electron chi connectivity index (χ4n) is 2.31. The van der Waals surface area contributed by atoms with Crippen LogP contribution in [0.3, 0.4) is 0 Å². The summed E-state index contributed by atoms with van der Waals surface area (Å²) in [6, 6.07) is 11.3. The Bertz CT molecular complexity index is 689. The molecule has 0 fully saturated rings.